The molecule has 1 aliphatic heterocycles. The number of benzene rings is 2. The summed E-state index contributed by atoms with van der Waals surface area (Å²) in [5.41, 5.74) is 1.96. The Morgan fingerprint density at radius 2 is 2.06 bits per heavy atom. The van der Waals surface area contributed by atoms with Crippen LogP contribution >= 0.6 is 35.3 Å². The molecule has 4 N–H and O–H groups in total. The Morgan fingerprint density at radius 1 is 1.22 bits per heavy atom. The number of thiophene rings is 1. The van der Waals surface area contributed by atoms with E-state index in [9.17, 15) is 9.90 Å². The van der Waals surface area contributed by atoms with Gasteiger partial charge in [0.05, 0.1) is 6.54 Å². The lowest BCUT2D eigenvalue weighted by atomic mass is 10.0. The van der Waals surface area contributed by atoms with Gasteiger partial charge in [0.2, 0.25) is 5.91 Å². The van der Waals surface area contributed by atoms with E-state index in [-0.39, 0.29) is 29.9 Å². The molecule has 0 saturated heterocycles. The molecule has 0 spiro atoms. The van der Waals surface area contributed by atoms with E-state index in [0.717, 1.165) is 33.7 Å². The molecule has 0 bridgehead atoms. The average Bonchev–Trinajstić information content (AvgIpc) is 3.23. The highest BCUT2D eigenvalue weighted by Gasteiger charge is 2.15. The van der Waals surface area contributed by atoms with E-state index in [4.69, 9.17) is 4.74 Å². The maximum absolute atomic E-state index is 11.4. The van der Waals surface area contributed by atoms with Crippen LogP contribution in [0.4, 0.5) is 5.69 Å². The van der Waals surface area contributed by atoms with Crippen molar-refractivity contribution in [2.75, 3.05) is 32.1 Å². The fourth-order valence-electron chi connectivity index (χ4n) is 3.47. The first-order chi connectivity index (χ1) is 15.1. The summed E-state index contributed by atoms with van der Waals surface area (Å²) in [4.78, 5) is 16.6. The van der Waals surface area contributed by atoms with Crippen molar-refractivity contribution < 1.29 is 14.6 Å². The van der Waals surface area contributed by atoms with Gasteiger partial charge in [-0.1, -0.05) is 18.2 Å². The lowest BCUT2D eigenvalue weighted by Gasteiger charge is -2.18. The first kappa shape index (κ1) is 24.3. The summed E-state index contributed by atoms with van der Waals surface area (Å²) >= 11 is 1.60. The maximum Gasteiger partial charge on any atom is 0.224 e. The third kappa shape index (κ3) is 6.11. The molecule has 1 aromatic heterocycles. The number of hydrogen-bond acceptors (Lipinski definition) is 5. The third-order valence-electron chi connectivity index (χ3n) is 5.09. The van der Waals surface area contributed by atoms with Crippen molar-refractivity contribution in [3.05, 3.63) is 59.0 Å². The number of anilines is 1. The quantitative estimate of drug-likeness (QED) is 0.152. The Labute approximate surface area is 208 Å². The number of aryl methyl sites for hydroxylation is 1. The van der Waals surface area contributed by atoms with E-state index in [1.54, 1.807) is 18.4 Å². The number of rotatable bonds is 7. The van der Waals surface area contributed by atoms with Crippen molar-refractivity contribution in [3.8, 4) is 5.75 Å². The van der Waals surface area contributed by atoms with Crippen molar-refractivity contribution in [2.45, 2.75) is 18.9 Å². The van der Waals surface area contributed by atoms with Gasteiger partial charge in [-0.25, -0.2) is 0 Å². The molecule has 3 aromatic rings. The summed E-state index contributed by atoms with van der Waals surface area (Å²) in [7, 11) is 1.69. The predicted molar refractivity (Wildman–Crippen MR) is 140 cm³/mol. The predicted octanol–water partition coefficient (Wildman–Crippen LogP) is 3.68. The Bertz CT molecular complexity index is 1070. The first-order valence-electron chi connectivity index (χ1n) is 10.3. The largest absolute Gasteiger partial charge is 0.492 e. The Kier molecular flexibility index (Phi) is 8.71. The lowest BCUT2D eigenvalue weighted by molar-refractivity contribution is -0.116. The molecule has 0 saturated carbocycles. The number of nitrogens with one attached hydrogen (secondary N) is 3. The highest BCUT2D eigenvalue weighted by Crippen LogP contribution is 2.29. The van der Waals surface area contributed by atoms with E-state index in [2.05, 4.69) is 33.1 Å². The molecule has 2 heterocycles. The Hall–Kier alpha value is -2.37. The normalized spacial score (nSPS) is 14.2. The van der Waals surface area contributed by atoms with Crippen LogP contribution in [0.1, 0.15) is 23.0 Å². The van der Waals surface area contributed by atoms with E-state index in [1.807, 2.05) is 36.4 Å². The SMILES string of the molecule is CN=C(NCCOc1ccc2c(c1)CCC(=O)N2)NCC(O)c1cc2ccccc2s1.I. The second-order valence-corrected chi connectivity index (χ2v) is 8.41. The molecule has 170 valence electrons. The average molecular weight is 566 g/mol. The molecule has 0 aliphatic carbocycles. The van der Waals surface area contributed by atoms with Crippen LogP contribution in [0.25, 0.3) is 10.1 Å². The van der Waals surface area contributed by atoms with E-state index in [0.29, 0.717) is 32.1 Å². The number of guanidine groups is 1. The van der Waals surface area contributed by atoms with Crippen molar-refractivity contribution in [1.29, 1.82) is 0 Å². The molecule has 9 heteroatoms. The monoisotopic (exact) mass is 566 g/mol. The van der Waals surface area contributed by atoms with Gasteiger partial charge in [-0.2, -0.15) is 0 Å². The van der Waals surface area contributed by atoms with Gasteiger partial charge in [-0.15, -0.1) is 35.3 Å². The zero-order chi connectivity index (χ0) is 21.6. The second kappa shape index (κ2) is 11.5. The van der Waals surface area contributed by atoms with Crippen molar-refractivity contribution >= 4 is 63.0 Å². The van der Waals surface area contributed by atoms with Crippen LogP contribution in [0.2, 0.25) is 0 Å². The number of fused-ring (bicyclic) bond motifs is 2. The molecule has 0 radical (unpaired) electrons. The minimum Gasteiger partial charge on any atom is -0.492 e. The standard InChI is InChI=1S/C23H26N4O3S.HI/c1-24-23(26-14-19(28)21-13-16-4-2-3-5-20(16)31-21)25-10-11-30-17-7-8-18-15(12-17)6-9-22(29)27-18;/h2-5,7-8,12-13,19,28H,6,9-11,14H2,1H3,(H,27,29)(H2,24,25,26);1H. The zero-order valence-electron chi connectivity index (χ0n) is 17.8. The van der Waals surface area contributed by atoms with Gasteiger partial charge in [0, 0.05) is 35.3 Å². The van der Waals surface area contributed by atoms with Gasteiger partial charge >= 0.3 is 0 Å². The maximum atomic E-state index is 11.4. The summed E-state index contributed by atoms with van der Waals surface area (Å²) in [6.45, 7) is 1.39. The van der Waals surface area contributed by atoms with Crippen LogP contribution in [0.15, 0.2) is 53.5 Å². The fourth-order valence-corrected chi connectivity index (χ4v) is 4.52. The molecule has 1 amide bonds. The van der Waals surface area contributed by atoms with Crippen LogP contribution in [-0.2, 0) is 11.2 Å². The smallest absolute Gasteiger partial charge is 0.224 e. The van der Waals surface area contributed by atoms with E-state index < -0.39 is 6.10 Å². The van der Waals surface area contributed by atoms with Crippen LogP contribution in [-0.4, -0.2) is 43.7 Å². The van der Waals surface area contributed by atoms with Crippen molar-refractivity contribution in [2.24, 2.45) is 4.99 Å². The lowest BCUT2D eigenvalue weighted by Crippen LogP contribution is -2.41. The highest BCUT2D eigenvalue weighted by molar-refractivity contribution is 14.0. The van der Waals surface area contributed by atoms with Crippen LogP contribution < -0.4 is 20.7 Å². The Morgan fingerprint density at radius 3 is 2.88 bits per heavy atom. The van der Waals surface area contributed by atoms with Gasteiger partial charge < -0.3 is 25.8 Å². The van der Waals surface area contributed by atoms with Crippen molar-refractivity contribution in [3.63, 3.8) is 0 Å². The Balaban J connectivity index is 0.00000289. The summed E-state index contributed by atoms with van der Waals surface area (Å²) < 4.78 is 6.98. The fraction of sp³-hybridized carbons (Fsp3) is 0.304. The zero-order valence-corrected chi connectivity index (χ0v) is 20.9. The summed E-state index contributed by atoms with van der Waals surface area (Å²) in [5, 5.41) is 20.9. The molecule has 1 aliphatic rings. The molecular weight excluding hydrogens is 539 g/mol. The molecule has 2 aromatic carbocycles. The number of halogens is 1. The van der Waals surface area contributed by atoms with Gasteiger partial charge in [0.15, 0.2) is 5.96 Å². The van der Waals surface area contributed by atoms with Crippen molar-refractivity contribution in [1.82, 2.24) is 10.6 Å². The van der Waals surface area contributed by atoms with Gasteiger partial charge in [0.25, 0.3) is 0 Å². The first-order valence-corrected chi connectivity index (χ1v) is 11.1. The highest BCUT2D eigenvalue weighted by atomic mass is 127. The molecule has 7 nitrogen and oxygen atoms in total. The van der Waals surface area contributed by atoms with Crippen LogP contribution in [0.5, 0.6) is 5.75 Å². The number of carbonyl (C=O) groups is 1. The third-order valence-corrected chi connectivity index (χ3v) is 6.31. The number of nitrogens with zero attached hydrogens (tertiary/aromatic N) is 1. The number of carbonyl (C=O) groups excluding carboxylic acids is 1. The minimum absolute atomic E-state index is 0. The number of aliphatic imine (C=N–C) groups is 1. The van der Waals surface area contributed by atoms with E-state index in [1.165, 1.54) is 4.70 Å². The number of aliphatic hydroxyl groups excluding tert-OH is 1. The summed E-state index contributed by atoms with van der Waals surface area (Å²) in [6, 6.07) is 15.9. The number of amides is 1. The number of ether oxygens (including phenoxy) is 1. The molecule has 1 atom stereocenters. The molecule has 1 unspecified atom stereocenters. The number of aliphatic hydroxyl groups is 1. The van der Waals surface area contributed by atoms with Crippen LogP contribution in [0.3, 0.4) is 0 Å². The van der Waals surface area contributed by atoms with Gasteiger partial charge in [-0.3, -0.25) is 9.79 Å². The van der Waals surface area contributed by atoms with Gasteiger partial charge in [0.1, 0.15) is 18.5 Å². The van der Waals surface area contributed by atoms with Crippen LogP contribution in [0, 0.1) is 0 Å². The molecular formula is C23H27IN4O3S. The van der Waals surface area contributed by atoms with Gasteiger partial charge in [-0.05, 0) is 47.7 Å². The summed E-state index contributed by atoms with van der Waals surface area (Å²) in [5.74, 6) is 1.44. The van der Waals surface area contributed by atoms with E-state index >= 15 is 0 Å². The topological polar surface area (TPSA) is 95.0 Å². The minimum atomic E-state index is -0.608. The second-order valence-electron chi connectivity index (χ2n) is 7.30. The molecule has 4 rings (SSSR count). The number of hydrogen-bond donors (Lipinski definition) is 4. The molecule has 32 heavy (non-hydrogen) atoms. The summed E-state index contributed by atoms with van der Waals surface area (Å²) in [6.07, 6.45) is 0.631. The molecule has 0 fully saturated rings.